The molecular formula is C12H17N3O4S. The van der Waals surface area contributed by atoms with E-state index in [9.17, 15) is 13.2 Å². The van der Waals surface area contributed by atoms with Crippen LogP contribution in [0.4, 0.5) is 10.5 Å². The van der Waals surface area contributed by atoms with Gasteiger partial charge in [0.05, 0.1) is 17.7 Å². The number of rotatable bonds is 3. The number of likely N-dealkylation sites (tertiary alicyclic amines) is 1. The number of nitrogens with zero attached hydrogens (tertiary/aromatic N) is 1. The van der Waals surface area contributed by atoms with Crippen molar-refractivity contribution in [1.82, 2.24) is 4.90 Å². The molecule has 110 valence electrons. The molecule has 3 N–H and O–H groups in total. The van der Waals surface area contributed by atoms with Crippen LogP contribution in [-0.4, -0.2) is 39.5 Å². The summed E-state index contributed by atoms with van der Waals surface area (Å²) in [6.07, 6.45) is 1.95. The van der Waals surface area contributed by atoms with Crippen LogP contribution in [0.15, 0.2) is 23.1 Å². The third kappa shape index (κ3) is 3.20. The lowest BCUT2D eigenvalue weighted by molar-refractivity contribution is 0.222. The quantitative estimate of drug-likeness (QED) is 0.868. The van der Waals surface area contributed by atoms with Crippen molar-refractivity contribution < 1.29 is 17.9 Å². The molecule has 2 rings (SSSR count). The molecule has 2 amide bonds. The number of ether oxygens (including phenoxy) is 1. The van der Waals surface area contributed by atoms with Gasteiger partial charge in [0.1, 0.15) is 5.75 Å². The Kier molecular flexibility index (Phi) is 4.15. The average molecular weight is 299 g/mol. The van der Waals surface area contributed by atoms with Crippen LogP contribution in [0, 0.1) is 0 Å². The summed E-state index contributed by atoms with van der Waals surface area (Å²) < 4.78 is 27.8. The van der Waals surface area contributed by atoms with Crippen molar-refractivity contribution in [3.8, 4) is 5.75 Å². The predicted molar refractivity (Wildman–Crippen MR) is 74.2 cm³/mol. The van der Waals surface area contributed by atoms with E-state index in [1.165, 1.54) is 25.3 Å². The molecule has 1 heterocycles. The summed E-state index contributed by atoms with van der Waals surface area (Å²) in [6, 6.07) is 3.81. The molecule has 0 unspecified atom stereocenters. The van der Waals surface area contributed by atoms with Crippen LogP contribution < -0.4 is 15.2 Å². The molecule has 0 radical (unpaired) electrons. The molecule has 1 fully saturated rings. The second-order valence-electron chi connectivity index (χ2n) is 4.53. The SMILES string of the molecule is COc1ccc(S(N)(=O)=O)cc1NC(=O)N1CCCC1. The van der Waals surface area contributed by atoms with E-state index >= 15 is 0 Å². The number of sulfonamides is 1. The van der Waals surface area contributed by atoms with Crippen molar-refractivity contribution in [2.75, 3.05) is 25.5 Å². The number of benzene rings is 1. The summed E-state index contributed by atoms with van der Waals surface area (Å²) in [5.41, 5.74) is 0.288. The predicted octanol–water partition coefficient (Wildman–Crippen LogP) is 0.970. The van der Waals surface area contributed by atoms with E-state index < -0.39 is 10.0 Å². The van der Waals surface area contributed by atoms with Gasteiger partial charge in [-0.3, -0.25) is 0 Å². The molecule has 20 heavy (non-hydrogen) atoms. The molecular weight excluding hydrogens is 282 g/mol. The average Bonchev–Trinajstić information content (AvgIpc) is 2.91. The van der Waals surface area contributed by atoms with Gasteiger partial charge >= 0.3 is 6.03 Å². The zero-order valence-corrected chi connectivity index (χ0v) is 11.9. The molecule has 8 heteroatoms. The van der Waals surface area contributed by atoms with Crippen LogP contribution in [0.2, 0.25) is 0 Å². The Labute approximate surface area is 117 Å². The molecule has 1 aromatic carbocycles. The number of nitrogens with one attached hydrogen (secondary N) is 1. The van der Waals surface area contributed by atoms with E-state index in [2.05, 4.69) is 5.32 Å². The molecule has 0 spiro atoms. The summed E-state index contributed by atoms with van der Waals surface area (Å²) in [7, 11) is -2.38. The highest BCUT2D eigenvalue weighted by molar-refractivity contribution is 7.89. The molecule has 1 saturated heterocycles. The van der Waals surface area contributed by atoms with E-state index in [1.807, 2.05) is 0 Å². The maximum Gasteiger partial charge on any atom is 0.321 e. The molecule has 0 atom stereocenters. The van der Waals surface area contributed by atoms with Crippen LogP contribution >= 0.6 is 0 Å². The number of primary sulfonamides is 1. The lowest BCUT2D eigenvalue weighted by Gasteiger charge is -2.18. The number of hydrogen-bond donors (Lipinski definition) is 2. The van der Waals surface area contributed by atoms with Crippen LogP contribution in [0.1, 0.15) is 12.8 Å². The molecule has 1 aliphatic rings. The van der Waals surface area contributed by atoms with Gasteiger partial charge in [0.25, 0.3) is 0 Å². The van der Waals surface area contributed by atoms with Gasteiger partial charge in [-0.15, -0.1) is 0 Å². The Bertz CT molecular complexity index is 609. The van der Waals surface area contributed by atoms with Gasteiger partial charge in [-0.05, 0) is 31.0 Å². The van der Waals surface area contributed by atoms with E-state index in [0.29, 0.717) is 18.8 Å². The van der Waals surface area contributed by atoms with Gasteiger partial charge in [0.2, 0.25) is 10.0 Å². The molecule has 1 aromatic rings. The van der Waals surface area contributed by atoms with Crippen molar-refractivity contribution in [3.05, 3.63) is 18.2 Å². The standard InChI is InChI=1S/C12H17N3O4S/c1-19-11-5-4-9(20(13,17)18)8-10(11)14-12(16)15-6-2-3-7-15/h4-5,8H,2-3,6-7H2,1H3,(H,14,16)(H2,13,17,18). The van der Waals surface area contributed by atoms with Crippen molar-refractivity contribution in [2.45, 2.75) is 17.7 Å². The molecule has 0 bridgehead atoms. The van der Waals surface area contributed by atoms with Gasteiger partial charge in [-0.1, -0.05) is 0 Å². The van der Waals surface area contributed by atoms with Gasteiger partial charge in [0.15, 0.2) is 0 Å². The van der Waals surface area contributed by atoms with E-state index in [4.69, 9.17) is 9.88 Å². The first kappa shape index (κ1) is 14.6. The Morgan fingerprint density at radius 2 is 2.00 bits per heavy atom. The highest BCUT2D eigenvalue weighted by atomic mass is 32.2. The van der Waals surface area contributed by atoms with Crippen molar-refractivity contribution in [1.29, 1.82) is 0 Å². The topological polar surface area (TPSA) is 102 Å². The molecule has 0 aromatic heterocycles. The fourth-order valence-corrected chi connectivity index (χ4v) is 2.62. The first-order chi connectivity index (χ1) is 9.41. The van der Waals surface area contributed by atoms with Crippen molar-refractivity contribution in [2.24, 2.45) is 5.14 Å². The first-order valence-electron chi connectivity index (χ1n) is 6.18. The molecule has 0 aliphatic carbocycles. The number of methoxy groups -OCH3 is 1. The van der Waals surface area contributed by atoms with Crippen molar-refractivity contribution >= 4 is 21.7 Å². The van der Waals surface area contributed by atoms with Gasteiger partial charge in [0, 0.05) is 13.1 Å². The van der Waals surface area contributed by atoms with Crippen molar-refractivity contribution in [3.63, 3.8) is 0 Å². The Morgan fingerprint density at radius 1 is 1.35 bits per heavy atom. The Hall–Kier alpha value is -1.80. The number of hydrogen-bond acceptors (Lipinski definition) is 4. The van der Waals surface area contributed by atoms with Crippen LogP contribution in [0.3, 0.4) is 0 Å². The normalized spacial score (nSPS) is 15.2. The highest BCUT2D eigenvalue weighted by Gasteiger charge is 2.20. The number of carbonyl (C=O) groups is 1. The zero-order chi connectivity index (χ0) is 14.8. The summed E-state index contributed by atoms with van der Waals surface area (Å²) in [5.74, 6) is 0.380. The Morgan fingerprint density at radius 3 is 2.55 bits per heavy atom. The summed E-state index contributed by atoms with van der Waals surface area (Å²) in [4.78, 5) is 13.6. The maximum absolute atomic E-state index is 12.0. The largest absolute Gasteiger partial charge is 0.495 e. The third-order valence-corrected chi connectivity index (χ3v) is 4.05. The minimum absolute atomic E-state index is 0.0741. The van der Waals surface area contributed by atoms with Gasteiger partial charge < -0.3 is 15.0 Å². The molecule has 0 saturated carbocycles. The number of anilines is 1. The van der Waals surface area contributed by atoms with Crippen LogP contribution in [-0.2, 0) is 10.0 Å². The summed E-state index contributed by atoms with van der Waals surface area (Å²) in [6.45, 7) is 1.39. The maximum atomic E-state index is 12.0. The van der Waals surface area contributed by atoms with Crippen LogP contribution in [0.5, 0.6) is 5.75 Å². The van der Waals surface area contributed by atoms with Gasteiger partial charge in [-0.25, -0.2) is 18.4 Å². The van der Waals surface area contributed by atoms with Crippen LogP contribution in [0.25, 0.3) is 0 Å². The Balaban J connectivity index is 2.26. The lowest BCUT2D eigenvalue weighted by atomic mass is 10.3. The minimum atomic E-state index is -3.83. The smallest absolute Gasteiger partial charge is 0.321 e. The number of nitrogens with two attached hydrogens (primary N) is 1. The number of carbonyl (C=O) groups excluding carboxylic acids is 1. The first-order valence-corrected chi connectivity index (χ1v) is 7.73. The second-order valence-corrected chi connectivity index (χ2v) is 6.09. The fourth-order valence-electron chi connectivity index (χ4n) is 2.08. The summed E-state index contributed by atoms with van der Waals surface area (Å²) >= 11 is 0. The zero-order valence-electron chi connectivity index (χ0n) is 11.1. The van der Waals surface area contributed by atoms with Gasteiger partial charge in [-0.2, -0.15) is 0 Å². The highest BCUT2D eigenvalue weighted by Crippen LogP contribution is 2.27. The van der Waals surface area contributed by atoms with E-state index in [0.717, 1.165) is 12.8 Å². The number of urea groups is 1. The molecule has 7 nitrogen and oxygen atoms in total. The molecule has 1 aliphatic heterocycles. The third-order valence-electron chi connectivity index (χ3n) is 3.13. The number of amides is 2. The minimum Gasteiger partial charge on any atom is -0.495 e. The summed E-state index contributed by atoms with van der Waals surface area (Å²) in [5, 5.41) is 7.74. The van der Waals surface area contributed by atoms with E-state index in [1.54, 1.807) is 4.90 Å². The monoisotopic (exact) mass is 299 g/mol. The lowest BCUT2D eigenvalue weighted by Crippen LogP contribution is -2.32. The van der Waals surface area contributed by atoms with E-state index in [-0.39, 0.29) is 16.6 Å². The second kappa shape index (κ2) is 5.68. The fraction of sp³-hybridized carbons (Fsp3) is 0.417.